The van der Waals surface area contributed by atoms with Crippen LogP contribution in [0.2, 0.25) is 0 Å². The summed E-state index contributed by atoms with van der Waals surface area (Å²) >= 11 is 1.13. The van der Waals surface area contributed by atoms with Gasteiger partial charge in [0.2, 0.25) is 5.72 Å². The van der Waals surface area contributed by atoms with E-state index < -0.39 is 35.4 Å². The van der Waals surface area contributed by atoms with Crippen LogP contribution in [0.25, 0.3) is 6.08 Å². The molecule has 0 unspecified atom stereocenters. The number of carbonyl (C=O) groups is 1. The van der Waals surface area contributed by atoms with Crippen molar-refractivity contribution in [3.63, 3.8) is 0 Å². The van der Waals surface area contributed by atoms with Crippen molar-refractivity contribution in [3.05, 3.63) is 103 Å². The van der Waals surface area contributed by atoms with Gasteiger partial charge in [-0.2, -0.15) is 13.2 Å². The number of hydrogen-bond donors (Lipinski definition) is 0. The van der Waals surface area contributed by atoms with E-state index in [0.717, 1.165) is 23.5 Å². The lowest BCUT2D eigenvalue weighted by molar-refractivity contribution is -0.158. The summed E-state index contributed by atoms with van der Waals surface area (Å²) in [6, 6.07) is 14.3. The maximum absolute atomic E-state index is 13.7. The molecular weight excluding hydrogens is 549 g/mol. The van der Waals surface area contributed by atoms with E-state index in [1.54, 1.807) is 49.4 Å². The highest BCUT2D eigenvalue weighted by Crippen LogP contribution is 2.47. The summed E-state index contributed by atoms with van der Waals surface area (Å²) in [5, 5.41) is 0. The number of halogens is 3. The molecule has 40 heavy (non-hydrogen) atoms. The van der Waals surface area contributed by atoms with Crippen LogP contribution in [0, 0.1) is 5.92 Å². The number of furan rings is 1. The number of para-hydroxylation sites is 1. The third kappa shape index (κ3) is 4.37. The summed E-state index contributed by atoms with van der Waals surface area (Å²) in [6.07, 6.45) is -2.93. The van der Waals surface area contributed by atoms with Crippen molar-refractivity contribution in [2.75, 3.05) is 7.11 Å². The maximum Gasteiger partial charge on any atom is 0.416 e. The maximum atomic E-state index is 13.7. The highest BCUT2D eigenvalue weighted by molar-refractivity contribution is 7.07. The van der Waals surface area contributed by atoms with E-state index in [0.29, 0.717) is 32.2 Å². The minimum Gasteiger partial charge on any atom is -0.486 e. The van der Waals surface area contributed by atoms with Crippen molar-refractivity contribution in [2.24, 2.45) is 10.9 Å². The molecule has 2 aliphatic rings. The number of benzene rings is 2. The fourth-order valence-corrected chi connectivity index (χ4v) is 6.11. The summed E-state index contributed by atoms with van der Waals surface area (Å²) in [7, 11) is 1.28. The molecule has 0 aliphatic carbocycles. The number of hydrogen-bond acceptors (Lipinski definition) is 8. The monoisotopic (exact) mass is 570 g/mol. The smallest absolute Gasteiger partial charge is 0.416 e. The van der Waals surface area contributed by atoms with Crippen molar-refractivity contribution in [1.82, 2.24) is 4.57 Å². The van der Waals surface area contributed by atoms with Crippen LogP contribution in [-0.2, 0) is 22.3 Å². The van der Waals surface area contributed by atoms with E-state index in [1.165, 1.54) is 23.8 Å². The van der Waals surface area contributed by atoms with E-state index in [-0.39, 0.29) is 17.9 Å². The van der Waals surface area contributed by atoms with Crippen molar-refractivity contribution in [1.29, 1.82) is 0 Å². The lowest BCUT2D eigenvalue weighted by Crippen LogP contribution is -2.58. The van der Waals surface area contributed by atoms with Gasteiger partial charge in [-0.05, 0) is 43.3 Å². The first-order chi connectivity index (χ1) is 19.1. The molecule has 0 N–H and O–H groups in total. The van der Waals surface area contributed by atoms with Gasteiger partial charge < -0.3 is 18.6 Å². The molecule has 4 heterocycles. The summed E-state index contributed by atoms with van der Waals surface area (Å²) in [6.45, 7) is 1.58. The van der Waals surface area contributed by atoms with Crippen LogP contribution >= 0.6 is 11.3 Å². The number of carbonyl (C=O) groups excluding carboxylic acids is 1. The first-order valence-electron chi connectivity index (χ1n) is 12.1. The molecule has 2 aliphatic heterocycles. The zero-order chi connectivity index (χ0) is 28.2. The van der Waals surface area contributed by atoms with Gasteiger partial charge in [0.25, 0.3) is 5.56 Å². The SMILES string of the molecule is COC(=O)[C@@H]1[C@H]2c3ccccc3O[C@]1(C)N=c1s/c(=C/c3ccc(COc4cccc(C(F)(F)F)c4)o3)c(=O)n12. The molecule has 0 radical (unpaired) electrons. The van der Waals surface area contributed by atoms with Gasteiger partial charge in [0.05, 0.1) is 23.2 Å². The standard InChI is InChI=1S/C28H21F3N2O6S/c1-27-22(25(35)36-2)23(19-8-3-4-9-20(19)39-27)33-24(34)21(40-26(33)32-27)13-17-10-11-18(38-17)14-37-16-7-5-6-15(12-16)28(29,30)31/h3-13,22-23H,14H2,1-2H3/b21-13+/t22-,23+,27-/m0/s1. The molecule has 0 fully saturated rings. The molecule has 2 aromatic heterocycles. The first-order valence-corrected chi connectivity index (χ1v) is 13.0. The lowest BCUT2D eigenvalue weighted by Gasteiger charge is -2.44. The second-order valence-corrected chi connectivity index (χ2v) is 10.4. The molecule has 0 saturated carbocycles. The van der Waals surface area contributed by atoms with E-state index in [1.807, 2.05) is 0 Å². The predicted molar refractivity (Wildman–Crippen MR) is 137 cm³/mol. The topological polar surface area (TPSA) is 92.3 Å². The Morgan fingerprint density at radius 3 is 2.75 bits per heavy atom. The lowest BCUT2D eigenvalue weighted by atomic mass is 9.81. The molecule has 12 heteroatoms. The van der Waals surface area contributed by atoms with Crippen molar-refractivity contribution < 1.29 is 36.6 Å². The van der Waals surface area contributed by atoms with Gasteiger partial charge in [-0.1, -0.05) is 35.6 Å². The quantitative estimate of drug-likeness (QED) is 0.337. The summed E-state index contributed by atoms with van der Waals surface area (Å²) in [5.74, 6) is -0.158. The molecule has 8 nitrogen and oxygen atoms in total. The van der Waals surface area contributed by atoms with Crippen LogP contribution in [0.4, 0.5) is 13.2 Å². The number of nitrogens with zero attached hydrogens (tertiary/aromatic N) is 2. The molecule has 2 bridgehead atoms. The number of thiazole rings is 1. The molecule has 2 aromatic carbocycles. The Labute approximate surface area is 228 Å². The number of fused-ring (bicyclic) bond motifs is 6. The highest BCUT2D eigenvalue weighted by Gasteiger charge is 2.55. The van der Waals surface area contributed by atoms with Gasteiger partial charge in [-0.3, -0.25) is 14.2 Å². The van der Waals surface area contributed by atoms with Crippen LogP contribution in [0.1, 0.15) is 35.6 Å². The second-order valence-electron chi connectivity index (χ2n) is 9.44. The van der Waals surface area contributed by atoms with Crippen LogP contribution in [0.15, 0.2) is 74.9 Å². The fourth-order valence-electron chi connectivity index (χ4n) is 5.03. The van der Waals surface area contributed by atoms with Crippen LogP contribution in [0.3, 0.4) is 0 Å². The van der Waals surface area contributed by atoms with E-state index >= 15 is 0 Å². The van der Waals surface area contributed by atoms with Crippen LogP contribution in [-0.4, -0.2) is 23.4 Å². The summed E-state index contributed by atoms with van der Waals surface area (Å²) in [4.78, 5) is 31.6. The van der Waals surface area contributed by atoms with Gasteiger partial charge in [0.15, 0.2) is 4.80 Å². The molecule has 0 spiro atoms. The van der Waals surface area contributed by atoms with E-state index in [4.69, 9.17) is 18.6 Å². The van der Waals surface area contributed by atoms with Gasteiger partial charge in [-0.15, -0.1) is 0 Å². The Bertz CT molecular complexity index is 1810. The van der Waals surface area contributed by atoms with E-state index in [9.17, 15) is 22.8 Å². The molecule has 3 atom stereocenters. The third-order valence-electron chi connectivity index (χ3n) is 6.83. The Kier molecular flexibility index (Phi) is 6.10. The molecular formula is C28H21F3N2O6S. The number of ether oxygens (including phenoxy) is 3. The van der Waals surface area contributed by atoms with E-state index in [2.05, 4.69) is 4.99 Å². The Morgan fingerprint density at radius 2 is 1.98 bits per heavy atom. The highest BCUT2D eigenvalue weighted by atomic mass is 32.1. The number of esters is 1. The summed E-state index contributed by atoms with van der Waals surface area (Å²) in [5.41, 5.74) is -1.78. The van der Waals surface area contributed by atoms with Gasteiger partial charge in [0.1, 0.15) is 35.5 Å². The van der Waals surface area contributed by atoms with Gasteiger partial charge in [-0.25, -0.2) is 4.99 Å². The van der Waals surface area contributed by atoms with Crippen LogP contribution < -0.4 is 24.4 Å². The molecule has 4 aromatic rings. The van der Waals surface area contributed by atoms with Gasteiger partial charge >= 0.3 is 12.1 Å². The first kappa shape index (κ1) is 25.9. The zero-order valence-electron chi connectivity index (χ0n) is 21.1. The number of methoxy groups -OCH3 is 1. The van der Waals surface area contributed by atoms with Crippen molar-refractivity contribution in [2.45, 2.75) is 31.5 Å². The Morgan fingerprint density at radius 1 is 1.18 bits per heavy atom. The van der Waals surface area contributed by atoms with Crippen molar-refractivity contribution in [3.8, 4) is 11.5 Å². The van der Waals surface area contributed by atoms with Crippen molar-refractivity contribution >= 4 is 23.4 Å². The fraction of sp³-hybridized carbons (Fsp3) is 0.250. The second kappa shape index (κ2) is 9.40. The largest absolute Gasteiger partial charge is 0.486 e. The molecule has 206 valence electrons. The normalized spacial score (nSPS) is 21.6. The molecule has 0 amide bonds. The third-order valence-corrected chi connectivity index (χ3v) is 7.82. The molecule has 0 saturated heterocycles. The average Bonchev–Trinajstić information content (AvgIpc) is 3.49. The molecule has 6 rings (SSSR count). The minimum absolute atomic E-state index is 0.0461. The number of rotatable bonds is 5. The average molecular weight is 571 g/mol. The Hall–Kier alpha value is -4.32. The van der Waals surface area contributed by atoms with Gasteiger partial charge in [0, 0.05) is 11.6 Å². The number of aromatic nitrogens is 1. The zero-order valence-corrected chi connectivity index (χ0v) is 21.9. The van der Waals surface area contributed by atoms with Crippen LogP contribution in [0.5, 0.6) is 11.5 Å². The number of alkyl halides is 3. The summed E-state index contributed by atoms with van der Waals surface area (Å²) < 4.78 is 63.2. The minimum atomic E-state index is -4.48. The predicted octanol–water partition coefficient (Wildman–Crippen LogP) is 4.05. The Balaban J connectivity index is 1.33.